The van der Waals surface area contributed by atoms with Crippen LogP contribution in [-0.2, 0) is 6.42 Å². The van der Waals surface area contributed by atoms with Gasteiger partial charge in [-0.25, -0.2) is 4.39 Å². The summed E-state index contributed by atoms with van der Waals surface area (Å²) in [5.41, 5.74) is 9.45. The van der Waals surface area contributed by atoms with E-state index in [0.717, 1.165) is 30.5 Å². The zero-order valence-electron chi connectivity index (χ0n) is 10.4. The molecule has 0 saturated heterocycles. The average Bonchev–Trinajstić information content (AvgIpc) is 2.42. The van der Waals surface area contributed by atoms with Crippen LogP contribution in [0.1, 0.15) is 35.6 Å². The van der Waals surface area contributed by atoms with Crippen LogP contribution in [0.3, 0.4) is 0 Å². The molecule has 1 atom stereocenters. The molecular formula is C15H14ClFN2. The lowest BCUT2D eigenvalue weighted by atomic mass is 9.81. The van der Waals surface area contributed by atoms with E-state index in [4.69, 9.17) is 17.3 Å². The fourth-order valence-corrected chi connectivity index (χ4v) is 3.02. The predicted octanol–water partition coefficient (Wildman–Crippen LogP) is 3.92. The van der Waals surface area contributed by atoms with Crippen LogP contribution in [0, 0.1) is 5.82 Å². The average molecular weight is 277 g/mol. The summed E-state index contributed by atoms with van der Waals surface area (Å²) in [5.74, 6) is -0.310. The quantitative estimate of drug-likeness (QED) is 0.802. The van der Waals surface area contributed by atoms with E-state index in [0.29, 0.717) is 5.69 Å². The Morgan fingerprint density at radius 1 is 1.37 bits per heavy atom. The Kier molecular flexibility index (Phi) is 3.15. The summed E-state index contributed by atoms with van der Waals surface area (Å²) in [6.45, 7) is 0. The maximum absolute atomic E-state index is 13.6. The minimum atomic E-state index is -0.350. The Bertz CT molecular complexity index is 628. The van der Waals surface area contributed by atoms with Crippen molar-refractivity contribution in [2.24, 2.45) is 0 Å². The normalized spacial score (nSPS) is 18.1. The van der Waals surface area contributed by atoms with Gasteiger partial charge in [-0.1, -0.05) is 17.7 Å². The zero-order chi connectivity index (χ0) is 13.4. The molecule has 0 saturated carbocycles. The molecule has 98 valence electrons. The Hall–Kier alpha value is -1.61. The summed E-state index contributed by atoms with van der Waals surface area (Å²) in [4.78, 5) is 4.46. The molecule has 19 heavy (non-hydrogen) atoms. The van der Waals surface area contributed by atoms with Gasteiger partial charge in [-0.05, 0) is 48.6 Å². The molecule has 1 aliphatic rings. The molecule has 2 nitrogen and oxygen atoms in total. The lowest BCUT2D eigenvalue weighted by molar-refractivity contribution is 0.588. The molecule has 4 heteroatoms. The standard InChI is InChI=1S/C15H14ClFN2/c16-13-8-10(17)7-12(14(13)18)11-5-1-3-9-4-2-6-19-15(9)11/h2,4,6-8,11H,1,3,5,18H2. The molecule has 3 rings (SSSR count). The number of fused-ring (bicyclic) bond motifs is 1. The zero-order valence-corrected chi connectivity index (χ0v) is 11.1. The minimum Gasteiger partial charge on any atom is -0.397 e. The Labute approximate surface area is 116 Å². The van der Waals surface area contributed by atoms with Gasteiger partial charge in [0.05, 0.1) is 16.4 Å². The van der Waals surface area contributed by atoms with Crippen LogP contribution in [0.2, 0.25) is 5.02 Å². The fraction of sp³-hybridized carbons (Fsp3) is 0.267. The van der Waals surface area contributed by atoms with E-state index in [1.807, 2.05) is 6.07 Å². The molecule has 1 aromatic heterocycles. The van der Waals surface area contributed by atoms with Crippen LogP contribution in [0.15, 0.2) is 30.5 Å². The number of hydrogen-bond acceptors (Lipinski definition) is 2. The lowest BCUT2D eigenvalue weighted by Crippen LogP contribution is -2.14. The number of nitrogens with two attached hydrogens (primary N) is 1. The predicted molar refractivity (Wildman–Crippen MR) is 74.8 cm³/mol. The topological polar surface area (TPSA) is 38.9 Å². The summed E-state index contributed by atoms with van der Waals surface area (Å²) >= 11 is 5.98. The van der Waals surface area contributed by atoms with Crippen LogP contribution in [0.25, 0.3) is 0 Å². The van der Waals surface area contributed by atoms with Crippen molar-refractivity contribution in [2.75, 3.05) is 5.73 Å². The summed E-state index contributed by atoms with van der Waals surface area (Å²) in [7, 11) is 0. The maximum Gasteiger partial charge on any atom is 0.125 e. The highest BCUT2D eigenvalue weighted by Gasteiger charge is 2.25. The van der Waals surface area contributed by atoms with E-state index < -0.39 is 0 Å². The van der Waals surface area contributed by atoms with Gasteiger partial charge < -0.3 is 5.73 Å². The first-order valence-corrected chi connectivity index (χ1v) is 6.73. The maximum atomic E-state index is 13.6. The van der Waals surface area contributed by atoms with Crippen LogP contribution in [0.4, 0.5) is 10.1 Å². The van der Waals surface area contributed by atoms with Crippen molar-refractivity contribution in [3.05, 3.63) is 58.1 Å². The van der Waals surface area contributed by atoms with Crippen molar-refractivity contribution >= 4 is 17.3 Å². The van der Waals surface area contributed by atoms with Gasteiger partial charge in [0.2, 0.25) is 0 Å². The third-order valence-corrected chi connectivity index (χ3v) is 4.01. The molecule has 2 aromatic rings. The molecule has 1 unspecified atom stereocenters. The molecule has 0 fully saturated rings. The van der Waals surface area contributed by atoms with E-state index >= 15 is 0 Å². The Balaban J connectivity index is 2.14. The van der Waals surface area contributed by atoms with Gasteiger partial charge in [-0.2, -0.15) is 0 Å². The van der Waals surface area contributed by atoms with Crippen LogP contribution in [0.5, 0.6) is 0 Å². The molecule has 1 aromatic carbocycles. The van der Waals surface area contributed by atoms with Crippen molar-refractivity contribution in [1.82, 2.24) is 4.98 Å². The number of benzene rings is 1. The smallest absolute Gasteiger partial charge is 0.125 e. The summed E-state index contributed by atoms with van der Waals surface area (Å²) in [5, 5.41) is 0.276. The van der Waals surface area contributed by atoms with Crippen LogP contribution < -0.4 is 5.73 Å². The number of aryl methyl sites for hydroxylation is 1. The van der Waals surface area contributed by atoms with E-state index in [1.54, 1.807) is 6.20 Å². The molecule has 2 N–H and O–H groups in total. The number of halogens is 2. The minimum absolute atomic E-state index is 0.0400. The van der Waals surface area contributed by atoms with Gasteiger partial charge in [0.1, 0.15) is 5.82 Å². The second kappa shape index (κ2) is 4.82. The van der Waals surface area contributed by atoms with Crippen molar-refractivity contribution in [2.45, 2.75) is 25.2 Å². The highest BCUT2D eigenvalue weighted by Crippen LogP contribution is 2.40. The summed E-state index contributed by atoms with van der Waals surface area (Å²) < 4.78 is 13.6. The number of rotatable bonds is 1. The number of anilines is 1. The molecule has 0 amide bonds. The van der Waals surface area contributed by atoms with Gasteiger partial charge in [0.15, 0.2) is 0 Å². The third-order valence-electron chi connectivity index (χ3n) is 3.70. The first-order chi connectivity index (χ1) is 9.16. The second-order valence-corrected chi connectivity index (χ2v) is 5.29. The monoisotopic (exact) mass is 276 g/mol. The number of hydrogen-bond donors (Lipinski definition) is 1. The van der Waals surface area contributed by atoms with Crippen molar-refractivity contribution in [3.63, 3.8) is 0 Å². The van der Waals surface area contributed by atoms with Gasteiger partial charge in [-0.3, -0.25) is 4.98 Å². The molecule has 0 spiro atoms. The first-order valence-electron chi connectivity index (χ1n) is 6.35. The summed E-state index contributed by atoms with van der Waals surface area (Å²) in [6.07, 6.45) is 4.77. The third kappa shape index (κ3) is 2.19. The molecule has 1 heterocycles. The number of pyridine rings is 1. The van der Waals surface area contributed by atoms with E-state index in [-0.39, 0.29) is 16.8 Å². The number of aromatic nitrogens is 1. The molecule has 0 radical (unpaired) electrons. The number of nitrogen functional groups attached to an aromatic ring is 1. The van der Waals surface area contributed by atoms with Gasteiger partial charge in [-0.15, -0.1) is 0 Å². The van der Waals surface area contributed by atoms with E-state index in [2.05, 4.69) is 11.1 Å². The van der Waals surface area contributed by atoms with Gasteiger partial charge in [0.25, 0.3) is 0 Å². The molecule has 0 bridgehead atoms. The van der Waals surface area contributed by atoms with E-state index in [1.165, 1.54) is 17.7 Å². The highest BCUT2D eigenvalue weighted by atomic mass is 35.5. The molecule has 0 aliphatic heterocycles. The van der Waals surface area contributed by atoms with Gasteiger partial charge in [0, 0.05) is 12.1 Å². The largest absolute Gasteiger partial charge is 0.397 e. The number of nitrogens with zero attached hydrogens (tertiary/aromatic N) is 1. The first kappa shape index (κ1) is 12.4. The van der Waals surface area contributed by atoms with Crippen LogP contribution >= 0.6 is 11.6 Å². The summed E-state index contributed by atoms with van der Waals surface area (Å²) in [6, 6.07) is 6.74. The van der Waals surface area contributed by atoms with Gasteiger partial charge >= 0.3 is 0 Å². The second-order valence-electron chi connectivity index (χ2n) is 4.88. The highest BCUT2D eigenvalue weighted by molar-refractivity contribution is 6.33. The molecule has 1 aliphatic carbocycles. The Morgan fingerprint density at radius 3 is 3.05 bits per heavy atom. The van der Waals surface area contributed by atoms with Crippen LogP contribution in [-0.4, -0.2) is 4.98 Å². The SMILES string of the molecule is Nc1c(Cl)cc(F)cc1C1CCCc2cccnc21. The Morgan fingerprint density at radius 2 is 2.21 bits per heavy atom. The van der Waals surface area contributed by atoms with Crippen molar-refractivity contribution in [3.8, 4) is 0 Å². The van der Waals surface area contributed by atoms with E-state index in [9.17, 15) is 4.39 Å². The fourth-order valence-electron chi connectivity index (χ4n) is 2.81. The van der Waals surface area contributed by atoms with Crippen molar-refractivity contribution in [1.29, 1.82) is 0 Å². The lowest BCUT2D eigenvalue weighted by Gasteiger charge is -2.26. The van der Waals surface area contributed by atoms with Crippen molar-refractivity contribution < 1.29 is 4.39 Å². The molecular weight excluding hydrogens is 263 g/mol.